The molecular formula is C12H12N2S. The Bertz CT molecular complexity index is 476. The van der Waals surface area contributed by atoms with Crippen LogP contribution >= 0.6 is 11.3 Å². The van der Waals surface area contributed by atoms with E-state index in [9.17, 15) is 0 Å². The lowest BCUT2D eigenvalue weighted by Gasteiger charge is -2.08. The van der Waals surface area contributed by atoms with Crippen LogP contribution in [0.1, 0.15) is 28.5 Å². The Hall–Kier alpha value is -1.35. The SMILES string of the molecule is Nc1nc2c(s1)C(c1ccccc1)CC2. The van der Waals surface area contributed by atoms with Gasteiger partial charge in [-0.15, -0.1) is 11.3 Å². The first kappa shape index (κ1) is 8.92. The highest BCUT2D eigenvalue weighted by atomic mass is 32.1. The van der Waals surface area contributed by atoms with Crippen molar-refractivity contribution >= 4 is 16.5 Å². The van der Waals surface area contributed by atoms with Gasteiger partial charge in [0.1, 0.15) is 0 Å². The first-order valence-corrected chi connectivity index (χ1v) is 5.96. The number of nitrogens with zero attached hydrogens (tertiary/aromatic N) is 1. The van der Waals surface area contributed by atoms with Crippen LogP contribution in [0.25, 0.3) is 0 Å². The second-order valence-electron chi connectivity index (χ2n) is 3.86. The molecule has 2 N–H and O–H groups in total. The van der Waals surface area contributed by atoms with Crippen molar-refractivity contribution in [1.29, 1.82) is 0 Å². The van der Waals surface area contributed by atoms with Crippen molar-refractivity contribution in [2.24, 2.45) is 0 Å². The van der Waals surface area contributed by atoms with E-state index in [1.54, 1.807) is 11.3 Å². The number of fused-ring (bicyclic) bond motifs is 1. The molecule has 1 aromatic carbocycles. The summed E-state index contributed by atoms with van der Waals surface area (Å²) in [6, 6.07) is 10.6. The summed E-state index contributed by atoms with van der Waals surface area (Å²) < 4.78 is 0. The molecule has 1 aromatic heterocycles. The van der Waals surface area contributed by atoms with E-state index in [0.29, 0.717) is 11.0 Å². The summed E-state index contributed by atoms with van der Waals surface area (Å²) in [7, 11) is 0. The normalized spacial score (nSPS) is 19.1. The Labute approximate surface area is 92.8 Å². The predicted molar refractivity (Wildman–Crippen MR) is 63.1 cm³/mol. The van der Waals surface area contributed by atoms with Gasteiger partial charge in [-0.25, -0.2) is 4.98 Å². The van der Waals surface area contributed by atoms with Crippen LogP contribution in [0.15, 0.2) is 30.3 Å². The van der Waals surface area contributed by atoms with Gasteiger partial charge in [0.05, 0.1) is 5.69 Å². The average Bonchev–Trinajstić information content (AvgIpc) is 2.77. The Kier molecular flexibility index (Phi) is 1.99. The quantitative estimate of drug-likeness (QED) is 0.796. The van der Waals surface area contributed by atoms with Gasteiger partial charge in [-0.2, -0.15) is 0 Å². The topological polar surface area (TPSA) is 38.9 Å². The predicted octanol–water partition coefficient (Wildman–Crippen LogP) is 2.80. The molecule has 0 fully saturated rings. The largest absolute Gasteiger partial charge is 0.375 e. The van der Waals surface area contributed by atoms with Crippen molar-refractivity contribution in [2.75, 3.05) is 5.73 Å². The molecule has 2 aromatic rings. The third-order valence-electron chi connectivity index (χ3n) is 2.93. The van der Waals surface area contributed by atoms with Gasteiger partial charge in [0.2, 0.25) is 0 Å². The summed E-state index contributed by atoms with van der Waals surface area (Å²) in [5.74, 6) is 0.524. The Morgan fingerprint density at radius 3 is 2.87 bits per heavy atom. The fourth-order valence-electron chi connectivity index (χ4n) is 2.25. The molecule has 0 saturated heterocycles. The minimum atomic E-state index is 0.524. The minimum absolute atomic E-state index is 0.524. The number of rotatable bonds is 1. The molecule has 76 valence electrons. The summed E-state index contributed by atoms with van der Waals surface area (Å²) in [5, 5.41) is 0.709. The van der Waals surface area contributed by atoms with E-state index in [4.69, 9.17) is 5.73 Å². The van der Waals surface area contributed by atoms with Crippen LogP contribution in [-0.2, 0) is 6.42 Å². The lowest BCUT2D eigenvalue weighted by molar-refractivity contribution is 0.791. The van der Waals surface area contributed by atoms with Crippen molar-refractivity contribution in [1.82, 2.24) is 4.98 Å². The molecule has 2 nitrogen and oxygen atoms in total. The summed E-state index contributed by atoms with van der Waals surface area (Å²) in [5.41, 5.74) is 8.34. The maximum Gasteiger partial charge on any atom is 0.180 e. The number of hydrogen-bond acceptors (Lipinski definition) is 3. The molecule has 3 rings (SSSR count). The van der Waals surface area contributed by atoms with E-state index in [1.807, 2.05) is 0 Å². The first-order chi connectivity index (χ1) is 7.34. The van der Waals surface area contributed by atoms with Crippen LogP contribution in [0, 0.1) is 0 Å². The van der Waals surface area contributed by atoms with Gasteiger partial charge in [0.25, 0.3) is 0 Å². The second-order valence-corrected chi connectivity index (χ2v) is 4.93. The van der Waals surface area contributed by atoms with E-state index in [2.05, 4.69) is 35.3 Å². The van der Waals surface area contributed by atoms with E-state index < -0.39 is 0 Å². The molecule has 1 unspecified atom stereocenters. The van der Waals surface area contributed by atoms with Gasteiger partial charge in [-0.3, -0.25) is 0 Å². The molecule has 0 saturated carbocycles. The van der Waals surface area contributed by atoms with E-state index >= 15 is 0 Å². The zero-order valence-corrected chi connectivity index (χ0v) is 9.13. The number of benzene rings is 1. The molecule has 1 aliphatic rings. The van der Waals surface area contributed by atoms with Crippen molar-refractivity contribution in [2.45, 2.75) is 18.8 Å². The number of hydrogen-bond donors (Lipinski definition) is 1. The molecule has 0 amide bonds. The smallest absolute Gasteiger partial charge is 0.180 e. The number of anilines is 1. The summed E-state index contributed by atoms with van der Waals surface area (Å²) in [6.45, 7) is 0. The highest BCUT2D eigenvalue weighted by molar-refractivity contribution is 7.15. The van der Waals surface area contributed by atoms with Gasteiger partial charge in [-0.05, 0) is 18.4 Å². The Morgan fingerprint density at radius 1 is 1.27 bits per heavy atom. The van der Waals surface area contributed by atoms with Gasteiger partial charge < -0.3 is 5.73 Å². The summed E-state index contributed by atoms with van der Waals surface area (Å²) in [4.78, 5) is 5.74. The highest BCUT2D eigenvalue weighted by Crippen LogP contribution is 2.41. The minimum Gasteiger partial charge on any atom is -0.375 e. The standard InChI is InChI=1S/C12H12N2S/c13-12-14-10-7-6-9(11(10)15-12)8-4-2-1-3-5-8/h1-5,9H,6-7H2,(H2,13,14). The Balaban J connectivity index is 2.03. The highest BCUT2D eigenvalue weighted by Gasteiger charge is 2.27. The zero-order valence-electron chi connectivity index (χ0n) is 8.31. The van der Waals surface area contributed by atoms with Gasteiger partial charge in [-0.1, -0.05) is 30.3 Å². The molecule has 15 heavy (non-hydrogen) atoms. The first-order valence-electron chi connectivity index (χ1n) is 5.14. The van der Waals surface area contributed by atoms with Crippen LogP contribution in [-0.4, -0.2) is 4.98 Å². The van der Waals surface area contributed by atoms with E-state index in [0.717, 1.165) is 6.42 Å². The molecule has 0 spiro atoms. The van der Waals surface area contributed by atoms with Crippen LogP contribution in [0.2, 0.25) is 0 Å². The maximum absolute atomic E-state index is 5.74. The van der Waals surface area contributed by atoms with E-state index in [1.165, 1.54) is 22.6 Å². The third kappa shape index (κ3) is 1.43. The fraction of sp³-hybridized carbons (Fsp3) is 0.250. The molecule has 0 aliphatic heterocycles. The van der Waals surface area contributed by atoms with Crippen molar-refractivity contribution in [3.05, 3.63) is 46.5 Å². The summed E-state index contributed by atoms with van der Waals surface area (Å²) in [6.07, 6.45) is 2.25. The molecule has 1 atom stereocenters. The third-order valence-corrected chi connectivity index (χ3v) is 3.97. The van der Waals surface area contributed by atoms with Crippen LogP contribution in [0.3, 0.4) is 0 Å². The number of aryl methyl sites for hydroxylation is 1. The van der Waals surface area contributed by atoms with E-state index in [-0.39, 0.29) is 0 Å². The van der Waals surface area contributed by atoms with Crippen LogP contribution in [0.5, 0.6) is 0 Å². The number of nitrogens with two attached hydrogens (primary N) is 1. The monoisotopic (exact) mass is 216 g/mol. The van der Waals surface area contributed by atoms with Crippen LogP contribution < -0.4 is 5.73 Å². The molecular weight excluding hydrogens is 204 g/mol. The fourth-order valence-corrected chi connectivity index (χ4v) is 3.29. The lowest BCUT2D eigenvalue weighted by atomic mass is 9.99. The molecule has 1 aliphatic carbocycles. The molecule has 1 heterocycles. The van der Waals surface area contributed by atoms with Gasteiger partial charge in [0.15, 0.2) is 5.13 Å². The number of aromatic nitrogens is 1. The van der Waals surface area contributed by atoms with Crippen molar-refractivity contribution in [3.8, 4) is 0 Å². The Morgan fingerprint density at radius 2 is 2.07 bits per heavy atom. The van der Waals surface area contributed by atoms with Crippen molar-refractivity contribution < 1.29 is 0 Å². The van der Waals surface area contributed by atoms with Gasteiger partial charge >= 0.3 is 0 Å². The number of nitrogen functional groups attached to an aromatic ring is 1. The zero-order chi connectivity index (χ0) is 10.3. The second kappa shape index (κ2) is 3.35. The van der Waals surface area contributed by atoms with Gasteiger partial charge in [0, 0.05) is 10.8 Å². The van der Waals surface area contributed by atoms with Crippen molar-refractivity contribution in [3.63, 3.8) is 0 Å². The maximum atomic E-state index is 5.74. The average molecular weight is 216 g/mol. The molecule has 0 bridgehead atoms. The molecule has 0 radical (unpaired) electrons. The summed E-state index contributed by atoms with van der Waals surface area (Å²) >= 11 is 1.65. The lowest BCUT2D eigenvalue weighted by Crippen LogP contribution is -1.93. The molecule has 3 heteroatoms. The van der Waals surface area contributed by atoms with Crippen LogP contribution in [0.4, 0.5) is 5.13 Å². The number of thiazole rings is 1.